The minimum atomic E-state index is -0.831. The van der Waals surface area contributed by atoms with Gasteiger partial charge in [-0.05, 0) is 59.2 Å². The smallest absolute Gasteiger partial charge is 0.410 e. The van der Waals surface area contributed by atoms with Gasteiger partial charge in [0.15, 0.2) is 5.82 Å². The monoisotopic (exact) mass is 526 g/mol. The van der Waals surface area contributed by atoms with E-state index in [-0.39, 0.29) is 6.09 Å². The van der Waals surface area contributed by atoms with Gasteiger partial charge in [0.1, 0.15) is 28.1 Å². The average Bonchev–Trinajstić information content (AvgIpc) is 3.22. The molecule has 0 bridgehead atoms. The van der Waals surface area contributed by atoms with Gasteiger partial charge in [-0.3, -0.25) is 4.68 Å². The SMILES string of the molecule is CCOCCn1nc(C(C)O)c2nc(N3CCN(C(=O)OC(C)(C)C)CC3)nc(Nc3cc(C)ccn3)c21. The highest BCUT2D eigenvalue weighted by Gasteiger charge is 2.29. The second kappa shape index (κ2) is 11.5. The first-order valence-corrected chi connectivity index (χ1v) is 13.0. The maximum Gasteiger partial charge on any atom is 0.410 e. The molecule has 1 fully saturated rings. The zero-order chi connectivity index (χ0) is 27.4. The molecule has 4 heterocycles. The van der Waals surface area contributed by atoms with E-state index < -0.39 is 11.7 Å². The van der Waals surface area contributed by atoms with Crippen LogP contribution < -0.4 is 10.2 Å². The van der Waals surface area contributed by atoms with E-state index in [2.05, 4.69) is 15.4 Å². The summed E-state index contributed by atoms with van der Waals surface area (Å²) in [5.41, 5.74) is 2.20. The highest BCUT2D eigenvalue weighted by Crippen LogP contribution is 2.31. The molecular weight excluding hydrogens is 488 g/mol. The third kappa shape index (κ3) is 6.48. The van der Waals surface area contributed by atoms with Crippen molar-refractivity contribution in [2.24, 2.45) is 0 Å². The Labute approximate surface area is 223 Å². The van der Waals surface area contributed by atoms with Gasteiger partial charge in [-0.25, -0.2) is 14.8 Å². The number of fused-ring (bicyclic) bond motifs is 1. The summed E-state index contributed by atoms with van der Waals surface area (Å²) in [5.74, 6) is 1.66. The molecule has 3 aromatic heterocycles. The zero-order valence-corrected chi connectivity index (χ0v) is 23.1. The Balaban J connectivity index is 1.70. The molecule has 38 heavy (non-hydrogen) atoms. The number of pyridine rings is 1. The molecule has 1 aliphatic heterocycles. The van der Waals surface area contributed by atoms with Gasteiger partial charge in [0.25, 0.3) is 0 Å². The van der Waals surface area contributed by atoms with Gasteiger partial charge >= 0.3 is 6.09 Å². The fraction of sp³-hybridized carbons (Fsp3) is 0.577. The number of nitrogens with one attached hydrogen (secondary N) is 1. The Morgan fingerprint density at radius 1 is 1.21 bits per heavy atom. The number of amides is 1. The molecule has 12 nitrogen and oxygen atoms in total. The third-order valence-electron chi connectivity index (χ3n) is 6.02. The normalized spacial score (nSPS) is 15.1. The summed E-state index contributed by atoms with van der Waals surface area (Å²) in [5, 5.41) is 18.6. The average molecular weight is 527 g/mol. The van der Waals surface area contributed by atoms with Gasteiger partial charge in [-0.2, -0.15) is 10.1 Å². The maximum absolute atomic E-state index is 12.5. The fourth-order valence-corrected chi connectivity index (χ4v) is 4.20. The Morgan fingerprint density at radius 2 is 1.95 bits per heavy atom. The first-order valence-electron chi connectivity index (χ1n) is 13.0. The number of ether oxygens (including phenoxy) is 2. The van der Waals surface area contributed by atoms with Crippen LogP contribution in [-0.4, -0.2) is 85.8 Å². The number of aromatic nitrogens is 5. The highest BCUT2D eigenvalue weighted by atomic mass is 16.6. The van der Waals surface area contributed by atoms with Crippen molar-refractivity contribution in [3.63, 3.8) is 0 Å². The summed E-state index contributed by atoms with van der Waals surface area (Å²) < 4.78 is 12.9. The number of aliphatic hydroxyl groups is 1. The molecule has 0 spiro atoms. The van der Waals surface area contributed by atoms with Crippen molar-refractivity contribution in [3.05, 3.63) is 29.6 Å². The molecule has 1 saturated heterocycles. The van der Waals surface area contributed by atoms with E-state index in [1.54, 1.807) is 22.7 Å². The summed E-state index contributed by atoms with van der Waals surface area (Å²) >= 11 is 0. The van der Waals surface area contributed by atoms with Crippen LogP contribution in [0.4, 0.5) is 22.4 Å². The van der Waals surface area contributed by atoms with Crippen LogP contribution >= 0.6 is 0 Å². The van der Waals surface area contributed by atoms with Gasteiger partial charge in [-0.1, -0.05) is 0 Å². The summed E-state index contributed by atoms with van der Waals surface area (Å²) in [6.07, 6.45) is 0.580. The molecule has 1 atom stereocenters. The van der Waals surface area contributed by atoms with Crippen LogP contribution in [-0.2, 0) is 16.0 Å². The van der Waals surface area contributed by atoms with Crippen molar-refractivity contribution in [1.29, 1.82) is 0 Å². The van der Waals surface area contributed by atoms with Crippen LogP contribution in [0.25, 0.3) is 11.0 Å². The minimum absolute atomic E-state index is 0.326. The molecule has 12 heteroatoms. The first kappa shape index (κ1) is 27.5. The molecule has 1 amide bonds. The summed E-state index contributed by atoms with van der Waals surface area (Å²) in [6.45, 7) is 14.7. The highest BCUT2D eigenvalue weighted by molar-refractivity contribution is 5.90. The van der Waals surface area contributed by atoms with E-state index in [0.717, 1.165) is 5.56 Å². The predicted molar refractivity (Wildman–Crippen MR) is 145 cm³/mol. The zero-order valence-electron chi connectivity index (χ0n) is 23.1. The Hall–Kier alpha value is -3.51. The lowest BCUT2D eigenvalue weighted by Crippen LogP contribution is -2.50. The van der Waals surface area contributed by atoms with Crippen LogP contribution in [0.2, 0.25) is 0 Å². The van der Waals surface area contributed by atoms with E-state index in [1.807, 2.05) is 51.7 Å². The van der Waals surface area contributed by atoms with Crippen molar-refractivity contribution in [2.45, 2.75) is 59.8 Å². The third-order valence-corrected chi connectivity index (χ3v) is 6.02. The van der Waals surface area contributed by atoms with Crippen LogP contribution in [0.3, 0.4) is 0 Å². The lowest BCUT2D eigenvalue weighted by molar-refractivity contribution is 0.0240. The maximum atomic E-state index is 12.5. The van der Waals surface area contributed by atoms with Gasteiger partial charge in [-0.15, -0.1) is 0 Å². The van der Waals surface area contributed by atoms with Crippen molar-refractivity contribution < 1.29 is 19.4 Å². The number of aryl methyl sites for hydroxylation is 1. The number of carbonyl (C=O) groups is 1. The quantitative estimate of drug-likeness (QED) is 0.421. The van der Waals surface area contributed by atoms with E-state index in [0.29, 0.717) is 80.2 Å². The number of aliphatic hydroxyl groups excluding tert-OH is 1. The Kier molecular flexibility index (Phi) is 8.32. The standard InChI is InChI=1S/C26H38N8O4/c1-7-37-15-14-34-22-21(20(31-34)18(3)35)29-24(30-23(22)28-19-16-17(2)8-9-27-19)32-10-12-33(13-11-32)25(36)38-26(4,5)6/h8-9,16,18,35H,7,10-15H2,1-6H3,(H,27,28,29,30). The molecule has 0 radical (unpaired) electrons. The number of carbonyl (C=O) groups excluding carboxylic acids is 1. The molecule has 0 aliphatic carbocycles. The van der Waals surface area contributed by atoms with Crippen molar-refractivity contribution in [1.82, 2.24) is 29.6 Å². The lowest BCUT2D eigenvalue weighted by Gasteiger charge is -2.35. The molecule has 4 rings (SSSR count). The molecule has 206 valence electrons. The molecule has 0 saturated carbocycles. The van der Waals surface area contributed by atoms with E-state index in [9.17, 15) is 9.90 Å². The Morgan fingerprint density at radius 3 is 2.58 bits per heavy atom. The van der Waals surface area contributed by atoms with Gasteiger partial charge in [0.2, 0.25) is 5.95 Å². The van der Waals surface area contributed by atoms with Crippen molar-refractivity contribution in [2.75, 3.05) is 49.6 Å². The number of nitrogens with zero attached hydrogens (tertiary/aromatic N) is 7. The minimum Gasteiger partial charge on any atom is -0.444 e. The molecule has 2 N–H and O–H groups in total. The van der Waals surface area contributed by atoms with Crippen LogP contribution in [0.5, 0.6) is 0 Å². The van der Waals surface area contributed by atoms with Gasteiger partial charge in [0, 0.05) is 39.0 Å². The molecule has 3 aromatic rings. The molecule has 1 aliphatic rings. The second-order valence-electron chi connectivity index (χ2n) is 10.3. The molecule has 0 aromatic carbocycles. The number of rotatable bonds is 8. The van der Waals surface area contributed by atoms with Gasteiger partial charge < -0.3 is 29.7 Å². The lowest BCUT2D eigenvalue weighted by atomic mass is 10.2. The topological polar surface area (TPSA) is 131 Å². The number of piperazine rings is 1. The van der Waals surface area contributed by atoms with Crippen molar-refractivity contribution >= 4 is 34.7 Å². The van der Waals surface area contributed by atoms with E-state index in [4.69, 9.17) is 19.4 Å². The van der Waals surface area contributed by atoms with Gasteiger partial charge in [0.05, 0.1) is 19.3 Å². The summed E-state index contributed by atoms with van der Waals surface area (Å²) in [4.78, 5) is 30.4. The number of anilines is 3. The van der Waals surface area contributed by atoms with Crippen LogP contribution in [0, 0.1) is 6.92 Å². The number of hydrogen-bond donors (Lipinski definition) is 2. The number of hydrogen-bond acceptors (Lipinski definition) is 10. The first-order chi connectivity index (χ1) is 18.1. The van der Waals surface area contributed by atoms with E-state index >= 15 is 0 Å². The van der Waals surface area contributed by atoms with Crippen LogP contribution in [0.1, 0.15) is 52.0 Å². The summed E-state index contributed by atoms with van der Waals surface area (Å²) in [7, 11) is 0. The van der Waals surface area contributed by atoms with Crippen molar-refractivity contribution in [3.8, 4) is 0 Å². The summed E-state index contributed by atoms with van der Waals surface area (Å²) in [6, 6.07) is 3.86. The largest absolute Gasteiger partial charge is 0.444 e. The molecule has 1 unspecified atom stereocenters. The predicted octanol–water partition coefficient (Wildman–Crippen LogP) is 3.42. The van der Waals surface area contributed by atoms with E-state index in [1.165, 1.54) is 0 Å². The second-order valence-corrected chi connectivity index (χ2v) is 10.3. The fourth-order valence-electron chi connectivity index (χ4n) is 4.20. The van der Waals surface area contributed by atoms with Crippen LogP contribution in [0.15, 0.2) is 18.3 Å². The Bertz CT molecular complexity index is 1260. The molecular formula is C26H38N8O4.